The van der Waals surface area contributed by atoms with Crippen molar-refractivity contribution in [2.24, 2.45) is 0 Å². The first kappa shape index (κ1) is 5.20. The molecule has 0 N–H and O–H groups in total. The molecule has 1 aromatic rings. The summed E-state index contributed by atoms with van der Waals surface area (Å²) in [5.41, 5.74) is 1.22. The molecule has 1 fully saturated rings. The monoisotopic (exact) mass is 153 g/mol. The molecular formula is C9H9Cl. The first-order valence-corrected chi connectivity index (χ1v) is 3.83. The lowest BCUT2D eigenvalue weighted by atomic mass is 10.1. The maximum Gasteiger partial charge on any atom is 0.0408 e. The van der Waals surface area contributed by atoms with Crippen molar-refractivity contribution in [2.45, 2.75) is 18.7 Å². The van der Waals surface area contributed by atoms with Crippen molar-refractivity contribution in [3.8, 4) is 0 Å². The van der Waals surface area contributed by atoms with Crippen molar-refractivity contribution >= 4 is 11.6 Å². The molecule has 0 heterocycles. The van der Waals surface area contributed by atoms with E-state index in [1.54, 1.807) is 0 Å². The van der Waals surface area contributed by atoms with Gasteiger partial charge in [0.25, 0.3) is 0 Å². The lowest BCUT2D eigenvalue weighted by molar-refractivity contribution is 1.13. The molecule has 2 atom stereocenters. The second kappa shape index (κ2) is 2.28. The molecule has 1 heteroatoms. The minimum Gasteiger partial charge on any atom is -0.0843 e. The van der Waals surface area contributed by atoms with Crippen molar-refractivity contribution in [3.05, 3.63) is 34.9 Å². The number of hydrogen-bond acceptors (Lipinski definition) is 0. The predicted octanol–water partition coefficient (Wildman–Crippen LogP) is 3.22. The number of halogens is 1. The highest BCUT2D eigenvalue weighted by atomic mass is 35.5. The first-order valence-electron chi connectivity index (χ1n) is 4.03. The van der Waals surface area contributed by atoms with Crippen LogP contribution < -0.4 is 0 Å². The van der Waals surface area contributed by atoms with Gasteiger partial charge in [-0.3, -0.25) is 0 Å². The van der Waals surface area contributed by atoms with E-state index in [1.165, 1.54) is 5.56 Å². The van der Waals surface area contributed by atoms with Crippen LogP contribution in [0.2, 0.25) is 5.02 Å². The summed E-state index contributed by atoms with van der Waals surface area (Å²) in [6, 6.07) is 7.82. The van der Waals surface area contributed by atoms with Crippen molar-refractivity contribution in [3.63, 3.8) is 0 Å². The van der Waals surface area contributed by atoms with Crippen LogP contribution in [0.25, 0.3) is 0 Å². The minimum atomic E-state index is 0.119. The maximum atomic E-state index is 7.42. The Hall–Kier alpha value is -0.490. The van der Waals surface area contributed by atoms with Gasteiger partial charge >= 0.3 is 0 Å². The Kier molecular flexibility index (Phi) is 1.19. The van der Waals surface area contributed by atoms with Crippen LogP contribution in [0.4, 0.5) is 0 Å². The average Bonchev–Trinajstić information content (AvgIpc) is 2.67. The molecular weight excluding hydrogens is 144 g/mol. The zero-order valence-corrected chi connectivity index (χ0v) is 6.31. The Labute approximate surface area is 67.2 Å². The van der Waals surface area contributed by atoms with Gasteiger partial charge in [-0.25, -0.2) is 0 Å². The molecule has 0 radical (unpaired) electrons. The third kappa shape index (κ3) is 1.17. The standard InChI is InChI=1S/C9H9Cl/c10-9-3-1-2-8(6-9)7-4-5-7/h1-3,6-7H,4-5H2/i4D/t4-,7?/m0/s1. The molecule has 52 valence electrons. The smallest absolute Gasteiger partial charge is 0.0408 e. The van der Waals surface area contributed by atoms with Crippen molar-refractivity contribution in [1.82, 2.24) is 0 Å². The highest BCUT2D eigenvalue weighted by Crippen LogP contribution is 2.40. The fourth-order valence-corrected chi connectivity index (χ4v) is 1.28. The second-order valence-corrected chi connectivity index (χ2v) is 3.07. The fraction of sp³-hybridized carbons (Fsp3) is 0.333. The van der Waals surface area contributed by atoms with E-state index in [4.69, 9.17) is 13.0 Å². The maximum absolute atomic E-state index is 7.42. The molecule has 0 amide bonds. The van der Waals surface area contributed by atoms with E-state index in [9.17, 15) is 0 Å². The topological polar surface area (TPSA) is 0 Å². The molecule has 0 saturated heterocycles. The van der Waals surface area contributed by atoms with Crippen LogP contribution >= 0.6 is 11.6 Å². The number of hydrogen-bond donors (Lipinski definition) is 0. The van der Waals surface area contributed by atoms with Crippen molar-refractivity contribution in [2.75, 3.05) is 0 Å². The number of benzene rings is 1. The first-order chi connectivity index (χ1) is 5.27. The summed E-state index contributed by atoms with van der Waals surface area (Å²) in [5, 5.41) is 0.779. The molecule has 1 saturated carbocycles. The molecule has 0 aliphatic heterocycles. The zero-order valence-electron chi connectivity index (χ0n) is 6.55. The summed E-state index contributed by atoms with van der Waals surface area (Å²) >= 11 is 5.80. The molecule has 1 aliphatic carbocycles. The second-order valence-electron chi connectivity index (χ2n) is 2.63. The van der Waals surface area contributed by atoms with E-state index >= 15 is 0 Å². The summed E-state index contributed by atoms with van der Waals surface area (Å²) in [6.07, 6.45) is 1.12. The van der Waals surface area contributed by atoms with Gasteiger partial charge in [0.1, 0.15) is 0 Å². The Morgan fingerprint density at radius 1 is 1.60 bits per heavy atom. The largest absolute Gasteiger partial charge is 0.0843 e. The molecule has 0 bridgehead atoms. The summed E-state index contributed by atoms with van der Waals surface area (Å²) in [6.45, 7) is 0. The van der Waals surface area contributed by atoms with Crippen LogP contribution in [0.1, 0.15) is 25.7 Å². The number of rotatable bonds is 1. The average molecular weight is 154 g/mol. The van der Waals surface area contributed by atoms with Gasteiger partial charge in [-0.05, 0) is 36.4 Å². The summed E-state index contributed by atoms with van der Waals surface area (Å²) in [4.78, 5) is 0. The minimum absolute atomic E-state index is 0.119. The Bertz CT molecular complexity index is 272. The van der Waals surface area contributed by atoms with E-state index < -0.39 is 0 Å². The molecule has 1 aromatic carbocycles. The van der Waals surface area contributed by atoms with Gasteiger partial charge in [0.2, 0.25) is 0 Å². The van der Waals surface area contributed by atoms with Crippen molar-refractivity contribution < 1.29 is 1.37 Å². The normalized spacial score (nSPS) is 31.5. The van der Waals surface area contributed by atoms with Gasteiger partial charge in [0.15, 0.2) is 0 Å². The van der Waals surface area contributed by atoms with E-state index in [1.807, 2.05) is 24.3 Å². The van der Waals surface area contributed by atoms with Gasteiger partial charge in [-0.2, -0.15) is 0 Å². The Balaban J connectivity index is 2.25. The predicted molar refractivity (Wildman–Crippen MR) is 43.4 cm³/mol. The van der Waals surface area contributed by atoms with Gasteiger partial charge in [0.05, 0.1) is 0 Å². The lowest BCUT2D eigenvalue weighted by Gasteiger charge is -1.95. The molecule has 1 aliphatic rings. The molecule has 0 nitrogen and oxygen atoms in total. The lowest BCUT2D eigenvalue weighted by Crippen LogP contribution is -1.75. The van der Waals surface area contributed by atoms with Gasteiger partial charge in [-0.1, -0.05) is 23.7 Å². The third-order valence-corrected chi connectivity index (χ3v) is 1.98. The van der Waals surface area contributed by atoms with Gasteiger partial charge < -0.3 is 0 Å². The van der Waals surface area contributed by atoms with Gasteiger partial charge in [0, 0.05) is 6.39 Å². The summed E-state index contributed by atoms with van der Waals surface area (Å²) in [5.74, 6) is 0.452. The summed E-state index contributed by atoms with van der Waals surface area (Å²) in [7, 11) is 0. The van der Waals surface area contributed by atoms with Crippen LogP contribution in [0.3, 0.4) is 0 Å². The van der Waals surface area contributed by atoms with Crippen LogP contribution in [-0.2, 0) is 0 Å². The molecule has 0 spiro atoms. The van der Waals surface area contributed by atoms with E-state index in [0.29, 0.717) is 5.92 Å². The quantitative estimate of drug-likeness (QED) is 0.581. The molecule has 2 rings (SSSR count). The van der Waals surface area contributed by atoms with Crippen LogP contribution in [0, 0.1) is 0 Å². The third-order valence-electron chi connectivity index (χ3n) is 1.75. The van der Waals surface area contributed by atoms with E-state index in [0.717, 1.165) is 11.4 Å². The van der Waals surface area contributed by atoms with E-state index in [2.05, 4.69) is 0 Å². The van der Waals surface area contributed by atoms with Crippen molar-refractivity contribution in [1.29, 1.82) is 0 Å². The molecule has 10 heavy (non-hydrogen) atoms. The van der Waals surface area contributed by atoms with Gasteiger partial charge in [-0.15, -0.1) is 0 Å². The fourth-order valence-electron chi connectivity index (χ4n) is 1.08. The van der Waals surface area contributed by atoms with Crippen LogP contribution in [0.5, 0.6) is 0 Å². The molecule has 1 unspecified atom stereocenters. The highest BCUT2D eigenvalue weighted by molar-refractivity contribution is 6.30. The highest BCUT2D eigenvalue weighted by Gasteiger charge is 2.22. The zero-order chi connectivity index (χ0) is 7.84. The Morgan fingerprint density at radius 3 is 3.00 bits per heavy atom. The summed E-state index contributed by atoms with van der Waals surface area (Å²) < 4.78 is 7.42. The van der Waals surface area contributed by atoms with Crippen LogP contribution in [0.15, 0.2) is 24.3 Å². The van der Waals surface area contributed by atoms with E-state index in [-0.39, 0.29) is 6.40 Å². The Morgan fingerprint density at radius 2 is 2.40 bits per heavy atom. The molecule has 0 aromatic heterocycles. The van der Waals surface area contributed by atoms with Crippen LogP contribution in [-0.4, -0.2) is 0 Å². The SMILES string of the molecule is [2H][C@H]1CC1c1cccc(Cl)c1.